The molecule has 0 atom stereocenters. The van der Waals surface area contributed by atoms with Crippen LogP contribution in [0.15, 0.2) is 0 Å². The van der Waals surface area contributed by atoms with E-state index in [0.717, 1.165) is 6.42 Å². The van der Waals surface area contributed by atoms with Crippen LogP contribution in [0, 0.1) is 6.42 Å². The van der Waals surface area contributed by atoms with Crippen LogP contribution in [0.3, 0.4) is 0 Å². The molecular formula is C3H4BrO2Zn-. The topological polar surface area (TPSA) is 40.1 Å². The molecule has 4 heteroatoms. The molecular weight excluding hydrogens is 213 g/mol. The zero-order chi connectivity index (χ0) is 6.28. The normalized spacial score (nSPS) is 5.71. The van der Waals surface area contributed by atoms with Gasteiger partial charge in [-0.3, -0.25) is 0 Å². The predicted molar refractivity (Wildman–Crippen MR) is 23.9 cm³/mol. The first-order valence-corrected chi connectivity index (χ1v) is 8.49. The molecule has 38 valence electrons. The Hall–Kier alpha value is 0.443. The van der Waals surface area contributed by atoms with E-state index in [-0.39, 0.29) is 0 Å². The molecule has 0 amide bonds. The van der Waals surface area contributed by atoms with Gasteiger partial charge in [-0.15, -0.1) is 0 Å². The monoisotopic (exact) mass is 215 g/mol. The van der Waals surface area contributed by atoms with E-state index in [4.69, 9.17) is 0 Å². The quantitative estimate of drug-likeness (QED) is 0.451. The average Bonchev–Trinajstić information content (AvgIpc) is 1.73. The summed E-state index contributed by atoms with van der Waals surface area (Å²) in [4.78, 5) is 9.20. The summed E-state index contributed by atoms with van der Waals surface area (Å²) in [6.45, 7) is 1.41. The predicted octanol–water partition coefficient (Wildman–Crippen LogP) is -0.196. The fraction of sp³-hybridized carbons (Fsp3) is 0.333. The van der Waals surface area contributed by atoms with Crippen LogP contribution in [0.4, 0.5) is 0 Å². The van der Waals surface area contributed by atoms with Crippen LogP contribution < -0.4 is 5.11 Å². The van der Waals surface area contributed by atoms with Crippen LogP contribution in [-0.2, 0) is 21.1 Å². The molecule has 7 heavy (non-hydrogen) atoms. The molecule has 0 aromatic heterocycles. The molecule has 0 rings (SSSR count). The number of carbonyl (C=O) groups is 1. The Morgan fingerprint density at radius 3 is 2.00 bits per heavy atom. The van der Waals surface area contributed by atoms with Crippen molar-refractivity contribution in [2.45, 2.75) is 6.92 Å². The number of carboxylic acid groups (broad SMARTS) is 1. The van der Waals surface area contributed by atoms with Crippen molar-refractivity contribution in [2.24, 2.45) is 0 Å². The second kappa shape index (κ2) is 9.67. The molecule has 0 saturated carbocycles. The van der Waals surface area contributed by atoms with Crippen molar-refractivity contribution in [3.8, 4) is 0 Å². The van der Waals surface area contributed by atoms with E-state index in [2.05, 4.69) is 13.6 Å². The van der Waals surface area contributed by atoms with Gasteiger partial charge in [-0.2, -0.15) is 6.92 Å². The van der Waals surface area contributed by atoms with Gasteiger partial charge in [-0.1, -0.05) is 5.97 Å². The second-order valence-corrected chi connectivity index (χ2v) is 0.608. The van der Waals surface area contributed by atoms with E-state index in [1.807, 2.05) is 0 Å². The summed E-state index contributed by atoms with van der Waals surface area (Å²) < 4.78 is 0. The van der Waals surface area contributed by atoms with Gasteiger partial charge in [-0.25, -0.2) is 0 Å². The van der Waals surface area contributed by atoms with Crippen LogP contribution in [0.5, 0.6) is 0 Å². The summed E-state index contributed by atoms with van der Waals surface area (Å²) in [5.74, 6) is -1.12. The van der Waals surface area contributed by atoms with Crippen molar-refractivity contribution < 1.29 is 26.2 Å². The summed E-state index contributed by atoms with van der Waals surface area (Å²) in [5.41, 5.74) is 0. The molecule has 2 nitrogen and oxygen atoms in total. The zero-order valence-corrected chi connectivity index (χ0v) is 8.53. The Bertz CT molecular complexity index is 48.2. The summed E-state index contributed by atoms with van der Waals surface area (Å²) in [6, 6.07) is 0. The molecule has 0 spiro atoms. The van der Waals surface area contributed by atoms with E-state index < -0.39 is 5.97 Å². The van der Waals surface area contributed by atoms with Crippen molar-refractivity contribution in [1.82, 2.24) is 0 Å². The van der Waals surface area contributed by atoms with Gasteiger partial charge in [0.05, 0.1) is 0 Å². The van der Waals surface area contributed by atoms with Crippen LogP contribution in [-0.4, -0.2) is 5.97 Å². The van der Waals surface area contributed by atoms with Gasteiger partial charge in [0.2, 0.25) is 0 Å². The molecule has 0 radical (unpaired) electrons. The van der Waals surface area contributed by atoms with E-state index >= 15 is 0 Å². The molecule has 0 heterocycles. The van der Waals surface area contributed by atoms with Gasteiger partial charge in [0.25, 0.3) is 0 Å². The molecule has 0 bridgehead atoms. The Labute approximate surface area is 59.3 Å². The van der Waals surface area contributed by atoms with E-state index in [0.29, 0.717) is 0 Å². The molecule has 0 fully saturated rings. The standard InChI is InChI=1S/C3H5O2.BrH.Zn/c1-2-3(4)5;;/h2H,1H3,(H,4,5);1H;/q-1;;+2/p-2. The number of carboxylic acids is 1. The van der Waals surface area contributed by atoms with E-state index in [1.54, 1.807) is 0 Å². The third-order valence-electron chi connectivity index (χ3n) is 0.236. The second-order valence-electron chi connectivity index (χ2n) is 0.608. The molecule has 0 N–H and O–H groups in total. The first kappa shape index (κ1) is 10.4. The number of aliphatic carboxylic acids is 1. The molecule has 0 aliphatic carbocycles. The van der Waals surface area contributed by atoms with Crippen molar-refractivity contribution in [3.05, 3.63) is 6.42 Å². The van der Waals surface area contributed by atoms with E-state index in [9.17, 15) is 9.90 Å². The fourth-order valence-electron chi connectivity index (χ4n) is 0. The number of carbonyl (C=O) groups excluding carboxylic acids is 1. The number of rotatable bonds is 1. The van der Waals surface area contributed by atoms with E-state index in [1.165, 1.54) is 23.3 Å². The zero-order valence-electron chi connectivity index (χ0n) is 3.98. The maximum absolute atomic E-state index is 9.20. The molecule has 0 saturated heterocycles. The summed E-state index contributed by atoms with van der Waals surface area (Å²) in [7, 11) is 0. The Balaban J connectivity index is 0. The third-order valence-corrected chi connectivity index (χ3v) is 0.236. The summed E-state index contributed by atoms with van der Waals surface area (Å²) >= 11 is 4.25. The Kier molecular flexibility index (Phi) is 14.4. The van der Waals surface area contributed by atoms with Gasteiger partial charge in [-0.05, 0) is 0 Å². The minimum absolute atomic E-state index is 0.972. The number of hydrogen-bond donors (Lipinski definition) is 0. The van der Waals surface area contributed by atoms with Gasteiger partial charge in [0, 0.05) is 0 Å². The van der Waals surface area contributed by atoms with Crippen molar-refractivity contribution >= 4 is 19.6 Å². The molecule has 0 aromatic rings. The van der Waals surface area contributed by atoms with Crippen LogP contribution >= 0.6 is 13.6 Å². The first-order valence-electron chi connectivity index (χ1n) is 1.54. The SMILES string of the molecule is C[CH-]C(=O)[O-].[Zn+][Br]. The van der Waals surface area contributed by atoms with Crippen LogP contribution in [0.1, 0.15) is 6.92 Å². The van der Waals surface area contributed by atoms with Gasteiger partial charge in [0.1, 0.15) is 0 Å². The van der Waals surface area contributed by atoms with Crippen LogP contribution in [0.2, 0.25) is 0 Å². The van der Waals surface area contributed by atoms with Gasteiger partial charge in [0.15, 0.2) is 0 Å². The van der Waals surface area contributed by atoms with Crippen molar-refractivity contribution in [2.75, 3.05) is 0 Å². The van der Waals surface area contributed by atoms with Crippen molar-refractivity contribution in [3.63, 3.8) is 0 Å². The molecule has 0 unspecified atom stereocenters. The third kappa shape index (κ3) is 21.3. The van der Waals surface area contributed by atoms with Gasteiger partial charge >= 0.3 is 30.0 Å². The fourth-order valence-corrected chi connectivity index (χ4v) is 0. The Morgan fingerprint density at radius 1 is 1.86 bits per heavy atom. The summed E-state index contributed by atoms with van der Waals surface area (Å²) in [5, 5.41) is 9.20. The number of halogens is 1. The minimum atomic E-state index is -1.12. The Morgan fingerprint density at radius 2 is 2.00 bits per heavy atom. The average molecular weight is 217 g/mol. The number of hydrogen-bond acceptors (Lipinski definition) is 2. The van der Waals surface area contributed by atoms with Crippen LogP contribution in [0.25, 0.3) is 0 Å². The molecule has 0 aliphatic rings. The first-order chi connectivity index (χ1) is 3.27. The molecule has 0 aliphatic heterocycles. The maximum atomic E-state index is 9.20. The summed E-state index contributed by atoms with van der Waals surface area (Å²) in [6.07, 6.45) is 0.972. The molecule has 0 aromatic carbocycles. The van der Waals surface area contributed by atoms with Crippen molar-refractivity contribution in [1.29, 1.82) is 0 Å². The van der Waals surface area contributed by atoms with Gasteiger partial charge < -0.3 is 16.3 Å².